The first kappa shape index (κ1) is 24.2. The second-order valence-corrected chi connectivity index (χ2v) is 7.71. The van der Waals surface area contributed by atoms with Gasteiger partial charge in [0, 0.05) is 16.6 Å². The van der Waals surface area contributed by atoms with Gasteiger partial charge in [-0.2, -0.15) is 0 Å². The van der Waals surface area contributed by atoms with Crippen LogP contribution in [-0.4, -0.2) is 30.6 Å². The molecular weight excluding hydrogens is 464 g/mol. The average Bonchev–Trinajstić information content (AvgIpc) is 2.72. The first-order valence-electron chi connectivity index (χ1n) is 10.0. The minimum Gasteiger partial charge on any atom is -0.450 e. The number of benzene rings is 2. The lowest BCUT2D eigenvalue weighted by atomic mass is 10.1. The van der Waals surface area contributed by atoms with E-state index in [0.717, 1.165) is 4.47 Å². The molecule has 0 spiro atoms. The summed E-state index contributed by atoms with van der Waals surface area (Å²) in [6.45, 7) is 1.89. The number of unbranched alkanes of at least 4 members (excludes halogenated alkanes) is 1. The number of alkyl carbamates (subject to hydrolysis) is 1. The fraction of sp³-hybridized carbons (Fsp3) is 0.318. The van der Waals surface area contributed by atoms with Crippen LogP contribution in [-0.2, 0) is 14.3 Å². The van der Waals surface area contributed by atoms with Crippen molar-refractivity contribution < 1.29 is 19.1 Å². The molecule has 0 aromatic heterocycles. The van der Waals surface area contributed by atoms with E-state index in [1.54, 1.807) is 49.4 Å². The Balaban J connectivity index is 1.87. The van der Waals surface area contributed by atoms with Gasteiger partial charge in [-0.1, -0.05) is 40.5 Å². The van der Waals surface area contributed by atoms with Crippen molar-refractivity contribution >= 4 is 50.9 Å². The van der Waals surface area contributed by atoms with Crippen LogP contribution in [0.2, 0.25) is 0 Å². The molecular formula is C22H27BrN4O4. The van der Waals surface area contributed by atoms with Crippen LogP contribution in [0.4, 0.5) is 21.9 Å². The van der Waals surface area contributed by atoms with Crippen LogP contribution >= 0.6 is 15.9 Å². The molecule has 0 fully saturated rings. The number of carbonyl (C=O) groups is 3. The molecule has 1 atom stereocenters. The average molecular weight is 491 g/mol. The molecule has 2 aromatic carbocycles. The Bertz CT molecular complexity index is 907. The smallest absolute Gasteiger partial charge is 0.407 e. The molecule has 9 heteroatoms. The van der Waals surface area contributed by atoms with Crippen molar-refractivity contribution in [3.05, 3.63) is 53.0 Å². The number of ether oxygens (including phenoxy) is 1. The second kappa shape index (κ2) is 12.6. The van der Waals surface area contributed by atoms with Gasteiger partial charge in [0.15, 0.2) is 0 Å². The fourth-order valence-electron chi connectivity index (χ4n) is 2.84. The van der Waals surface area contributed by atoms with E-state index in [1.807, 2.05) is 6.07 Å². The van der Waals surface area contributed by atoms with Crippen LogP contribution in [0.15, 0.2) is 53.0 Å². The summed E-state index contributed by atoms with van der Waals surface area (Å²) in [5, 5.41) is 8.14. The lowest BCUT2D eigenvalue weighted by molar-refractivity contribution is -0.118. The maximum Gasteiger partial charge on any atom is 0.407 e. The van der Waals surface area contributed by atoms with E-state index < -0.39 is 12.1 Å². The monoisotopic (exact) mass is 490 g/mol. The SMILES string of the molecule is CCOC(=O)NC(CCCCC(=O)Nc1ccccc1N)C(=O)Nc1cccc(Br)c1. The summed E-state index contributed by atoms with van der Waals surface area (Å²) in [4.78, 5) is 36.7. The van der Waals surface area contributed by atoms with Crippen molar-refractivity contribution in [2.75, 3.05) is 23.0 Å². The molecule has 8 nitrogen and oxygen atoms in total. The minimum absolute atomic E-state index is 0.161. The fourth-order valence-corrected chi connectivity index (χ4v) is 3.24. The van der Waals surface area contributed by atoms with Crippen molar-refractivity contribution in [1.82, 2.24) is 5.32 Å². The first-order chi connectivity index (χ1) is 14.9. The molecule has 0 aliphatic rings. The zero-order chi connectivity index (χ0) is 22.6. The van der Waals surface area contributed by atoms with E-state index >= 15 is 0 Å². The van der Waals surface area contributed by atoms with Crippen molar-refractivity contribution in [2.24, 2.45) is 0 Å². The van der Waals surface area contributed by atoms with Crippen LogP contribution in [0, 0.1) is 0 Å². The lowest BCUT2D eigenvalue weighted by Gasteiger charge is -2.18. The molecule has 0 saturated heterocycles. The number of rotatable bonds is 10. The number of nitrogens with one attached hydrogen (secondary N) is 3. The molecule has 3 amide bonds. The summed E-state index contributed by atoms with van der Waals surface area (Å²) < 4.78 is 5.72. The van der Waals surface area contributed by atoms with Gasteiger partial charge in [0.1, 0.15) is 6.04 Å². The molecule has 0 aliphatic heterocycles. The molecule has 2 aromatic rings. The molecule has 0 saturated carbocycles. The molecule has 2 rings (SSSR count). The van der Waals surface area contributed by atoms with Crippen molar-refractivity contribution in [3.8, 4) is 0 Å². The predicted octanol–water partition coefficient (Wildman–Crippen LogP) is 4.28. The summed E-state index contributed by atoms with van der Waals surface area (Å²) in [6, 6.07) is 13.4. The van der Waals surface area contributed by atoms with Gasteiger partial charge in [0.25, 0.3) is 0 Å². The number of amides is 3. The summed E-state index contributed by atoms with van der Waals surface area (Å²) in [6.07, 6.45) is 1.08. The van der Waals surface area contributed by atoms with Crippen LogP contribution in [0.3, 0.4) is 0 Å². The Morgan fingerprint density at radius 3 is 2.55 bits per heavy atom. The van der Waals surface area contributed by atoms with E-state index in [1.165, 1.54) is 0 Å². The number of hydrogen-bond acceptors (Lipinski definition) is 5. The predicted molar refractivity (Wildman–Crippen MR) is 125 cm³/mol. The number of halogens is 1. The van der Waals surface area contributed by atoms with E-state index in [4.69, 9.17) is 10.5 Å². The number of nitrogens with two attached hydrogens (primary N) is 1. The third-order valence-electron chi connectivity index (χ3n) is 4.36. The molecule has 0 bridgehead atoms. The molecule has 166 valence electrons. The van der Waals surface area contributed by atoms with Crippen molar-refractivity contribution in [2.45, 2.75) is 38.6 Å². The highest BCUT2D eigenvalue weighted by atomic mass is 79.9. The van der Waals surface area contributed by atoms with E-state index in [-0.39, 0.29) is 24.8 Å². The van der Waals surface area contributed by atoms with Gasteiger partial charge in [0.2, 0.25) is 11.8 Å². The normalized spacial score (nSPS) is 11.3. The highest BCUT2D eigenvalue weighted by Crippen LogP contribution is 2.18. The summed E-state index contributed by atoms with van der Waals surface area (Å²) in [5.74, 6) is -0.515. The molecule has 0 radical (unpaired) electrons. The Hall–Kier alpha value is -3.07. The summed E-state index contributed by atoms with van der Waals surface area (Å²) in [5.41, 5.74) is 7.50. The summed E-state index contributed by atoms with van der Waals surface area (Å²) in [7, 11) is 0. The molecule has 0 aliphatic carbocycles. The van der Waals surface area contributed by atoms with Gasteiger partial charge < -0.3 is 26.4 Å². The maximum absolute atomic E-state index is 12.7. The Labute approximate surface area is 190 Å². The minimum atomic E-state index is -0.786. The van der Waals surface area contributed by atoms with Crippen LogP contribution in [0.5, 0.6) is 0 Å². The van der Waals surface area contributed by atoms with E-state index in [2.05, 4.69) is 31.9 Å². The second-order valence-electron chi connectivity index (χ2n) is 6.80. The Kier molecular flexibility index (Phi) is 9.83. The Morgan fingerprint density at radius 2 is 1.84 bits per heavy atom. The van der Waals surface area contributed by atoms with Gasteiger partial charge >= 0.3 is 6.09 Å². The van der Waals surface area contributed by atoms with Crippen LogP contribution in [0.1, 0.15) is 32.6 Å². The zero-order valence-corrected chi connectivity index (χ0v) is 18.9. The van der Waals surface area contributed by atoms with Crippen molar-refractivity contribution in [1.29, 1.82) is 0 Å². The molecule has 1 unspecified atom stereocenters. The highest BCUT2D eigenvalue weighted by molar-refractivity contribution is 9.10. The van der Waals surface area contributed by atoms with E-state index in [0.29, 0.717) is 36.3 Å². The summed E-state index contributed by atoms with van der Waals surface area (Å²) >= 11 is 3.36. The van der Waals surface area contributed by atoms with Gasteiger partial charge in [-0.25, -0.2) is 4.79 Å². The molecule has 5 N–H and O–H groups in total. The standard InChI is InChI=1S/C22H27BrN4O4/c1-2-31-22(30)27-19(21(29)25-16-9-7-8-15(23)14-16)12-5-6-13-20(28)26-18-11-4-3-10-17(18)24/h3-4,7-11,14,19H,2,5-6,12-13,24H2,1H3,(H,25,29)(H,26,28)(H,27,30). The maximum atomic E-state index is 12.7. The quantitative estimate of drug-likeness (QED) is 0.292. The first-order valence-corrected chi connectivity index (χ1v) is 10.8. The zero-order valence-electron chi connectivity index (χ0n) is 17.3. The number of hydrogen-bond donors (Lipinski definition) is 4. The van der Waals surface area contributed by atoms with Crippen LogP contribution < -0.4 is 21.7 Å². The van der Waals surface area contributed by atoms with Crippen molar-refractivity contribution in [3.63, 3.8) is 0 Å². The number of nitrogen functional groups attached to an aromatic ring is 1. The van der Waals surface area contributed by atoms with E-state index in [9.17, 15) is 14.4 Å². The van der Waals surface area contributed by atoms with Gasteiger partial charge in [-0.15, -0.1) is 0 Å². The number of anilines is 3. The van der Waals surface area contributed by atoms with Gasteiger partial charge in [0.05, 0.1) is 18.0 Å². The van der Waals surface area contributed by atoms with Crippen LogP contribution in [0.25, 0.3) is 0 Å². The molecule has 31 heavy (non-hydrogen) atoms. The molecule has 0 heterocycles. The highest BCUT2D eigenvalue weighted by Gasteiger charge is 2.21. The van der Waals surface area contributed by atoms with Gasteiger partial charge in [-0.05, 0) is 50.1 Å². The van der Waals surface area contributed by atoms with Gasteiger partial charge in [-0.3, -0.25) is 9.59 Å². The topological polar surface area (TPSA) is 123 Å². The third kappa shape index (κ3) is 8.67. The number of carbonyl (C=O) groups excluding carboxylic acids is 3. The number of para-hydroxylation sites is 2. The largest absolute Gasteiger partial charge is 0.450 e. The third-order valence-corrected chi connectivity index (χ3v) is 4.85. The lowest BCUT2D eigenvalue weighted by Crippen LogP contribution is -2.44. The Morgan fingerprint density at radius 1 is 1.06 bits per heavy atom.